The lowest BCUT2D eigenvalue weighted by atomic mass is 9.90. The van der Waals surface area contributed by atoms with Crippen molar-refractivity contribution in [1.29, 1.82) is 0 Å². The molecule has 3 aromatic rings. The Morgan fingerprint density at radius 1 is 0.806 bits per heavy atom. The lowest BCUT2D eigenvalue weighted by Crippen LogP contribution is -2.37. The molecule has 0 unspecified atom stereocenters. The topological polar surface area (TPSA) is 93.0 Å². The van der Waals surface area contributed by atoms with E-state index in [0.717, 1.165) is 10.5 Å². The number of carbonyl (C=O) groups excluding carboxylic acids is 2. The summed E-state index contributed by atoms with van der Waals surface area (Å²) in [6, 6.07) is 23.7. The zero-order chi connectivity index (χ0) is 21.5. The molecule has 0 bridgehead atoms. The highest BCUT2D eigenvalue weighted by molar-refractivity contribution is 6.24. The maximum Gasteiger partial charge on any atom is 0.293 e. The average molecular weight is 415 g/mol. The van der Waals surface area contributed by atoms with Gasteiger partial charge in [0.15, 0.2) is 6.10 Å². The van der Waals surface area contributed by atoms with E-state index in [-0.39, 0.29) is 11.4 Å². The maximum atomic E-state index is 13.5. The first-order chi connectivity index (χ1) is 15.1. The van der Waals surface area contributed by atoms with Crippen LogP contribution in [0, 0.1) is 16.0 Å². The lowest BCUT2D eigenvalue weighted by molar-refractivity contribution is -0.384. The van der Waals surface area contributed by atoms with Crippen LogP contribution < -0.4 is 9.96 Å². The van der Waals surface area contributed by atoms with Crippen molar-refractivity contribution < 1.29 is 19.3 Å². The van der Waals surface area contributed by atoms with E-state index in [1.165, 1.54) is 18.2 Å². The number of anilines is 2. The van der Waals surface area contributed by atoms with E-state index in [1.54, 1.807) is 11.1 Å². The van der Waals surface area contributed by atoms with Gasteiger partial charge in [-0.3, -0.25) is 24.5 Å². The quantitative estimate of drug-likeness (QED) is 0.367. The van der Waals surface area contributed by atoms with Crippen LogP contribution in [0.3, 0.4) is 0 Å². The summed E-state index contributed by atoms with van der Waals surface area (Å²) in [5, 5.41) is 13.1. The van der Waals surface area contributed by atoms with Gasteiger partial charge >= 0.3 is 0 Å². The van der Waals surface area contributed by atoms with Crippen LogP contribution in [0.2, 0.25) is 0 Å². The van der Waals surface area contributed by atoms with Gasteiger partial charge in [-0.05, 0) is 23.8 Å². The third-order valence-electron chi connectivity index (χ3n) is 5.59. The molecule has 2 amide bonds. The van der Waals surface area contributed by atoms with E-state index in [1.807, 2.05) is 60.7 Å². The Morgan fingerprint density at radius 3 is 2.10 bits per heavy atom. The highest BCUT2D eigenvalue weighted by Crippen LogP contribution is 2.48. The minimum atomic E-state index is -1.07. The number of hydrogen-bond acceptors (Lipinski definition) is 6. The van der Waals surface area contributed by atoms with Gasteiger partial charge in [-0.2, -0.15) is 0 Å². The van der Waals surface area contributed by atoms with E-state index in [0.29, 0.717) is 5.69 Å². The molecule has 3 atom stereocenters. The van der Waals surface area contributed by atoms with Gasteiger partial charge in [0.2, 0.25) is 5.91 Å². The number of hydroxylamine groups is 1. The number of nitro groups is 1. The molecule has 2 fully saturated rings. The van der Waals surface area contributed by atoms with Crippen molar-refractivity contribution in [3.63, 3.8) is 0 Å². The van der Waals surface area contributed by atoms with Crippen LogP contribution in [0.5, 0.6) is 0 Å². The summed E-state index contributed by atoms with van der Waals surface area (Å²) in [5.74, 6) is -1.96. The molecule has 31 heavy (non-hydrogen) atoms. The molecule has 2 saturated heterocycles. The second-order valence-electron chi connectivity index (χ2n) is 7.33. The molecule has 0 radical (unpaired) electrons. The Morgan fingerprint density at radius 2 is 1.42 bits per heavy atom. The number of para-hydroxylation sites is 3. The second kappa shape index (κ2) is 7.33. The van der Waals surface area contributed by atoms with Gasteiger partial charge in [-0.15, -0.1) is 0 Å². The maximum absolute atomic E-state index is 13.5. The number of carbonyl (C=O) groups is 2. The van der Waals surface area contributed by atoms with Crippen LogP contribution in [0.1, 0.15) is 11.6 Å². The molecule has 2 aliphatic rings. The molecular formula is C23H17N3O5. The summed E-state index contributed by atoms with van der Waals surface area (Å²) >= 11 is 0. The zero-order valence-electron chi connectivity index (χ0n) is 16.2. The van der Waals surface area contributed by atoms with Crippen LogP contribution in [0.15, 0.2) is 84.9 Å². The molecule has 3 aromatic carbocycles. The molecule has 0 saturated carbocycles. The molecule has 154 valence electrons. The highest BCUT2D eigenvalue weighted by Gasteiger charge is 2.61. The number of amides is 2. The number of benzene rings is 3. The SMILES string of the molecule is O=C1[C@H]2[C@H](ON(c3ccccc3)[C@H]2c2ccccc2)C(=O)N1c1ccccc1[N+](=O)[O-]. The number of nitro benzene ring substituents is 1. The fraction of sp³-hybridized carbons (Fsp3) is 0.130. The van der Waals surface area contributed by atoms with Gasteiger partial charge in [0.25, 0.3) is 11.6 Å². The molecule has 2 heterocycles. The minimum Gasteiger partial charge on any atom is -0.273 e. The number of nitrogens with zero attached hydrogens (tertiary/aromatic N) is 3. The van der Waals surface area contributed by atoms with E-state index in [2.05, 4.69) is 0 Å². The standard InChI is InChI=1S/C23H17N3O5/c27-22-19-20(15-9-3-1-4-10-15)25(16-11-5-2-6-12-16)31-21(19)23(28)24(22)17-13-7-8-14-18(17)26(29)30/h1-14,19-21H/t19-,20+,21+/m1/s1. The lowest BCUT2D eigenvalue weighted by Gasteiger charge is -2.28. The fourth-order valence-electron chi connectivity index (χ4n) is 4.25. The van der Waals surface area contributed by atoms with Crippen molar-refractivity contribution in [3.05, 3.63) is 101 Å². The van der Waals surface area contributed by atoms with Crippen molar-refractivity contribution >= 4 is 28.9 Å². The van der Waals surface area contributed by atoms with E-state index < -0.39 is 34.8 Å². The number of imide groups is 1. The van der Waals surface area contributed by atoms with Crippen molar-refractivity contribution in [3.8, 4) is 0 Å². The Balaban J connectivity index is 1.60. The largest absolute Gasteiger partial charge is 0.293 e. The zero-order valence-corrected chi connectivity index (χ0v) is 16.2. The minimum absolute atomic E-state index is 0.0430. The monoisotopic (exact) mass is 415 g/mol. The summed E-state index contributed by atoms with van der Waals surface area (Å²) in [6.07, 6.45) is -1.07. The molecule has 8 heteroatoms. The second-order valence-corrected chi connectivity index (χ2v) is 7.33. The van der Waals surface area contributed by atoms with E-state index >= 15 is 0 Å². The van der Waals surface area contributed by atoms with Crippen molar-refractivity contribution in [1.82, 2.24) is 0 Å². The predicted molar refractivity (Wildman–Crippen MR) is 112 cm³/mol. The van der Waals surface area contributed by atoms with Crippen LogP contribution >= 0.6 is 0 Å². The number of fused-ring (bicyclic) bond motifs is 1. The van der Waals surface area contributed by atoms with Crippen LogP contribution in [-0.2, 0) is 14.4 Å². The van der Waals surface area contributed by atoms with Gasteiger partial charge in [0.1, 0.15) is 11.6 Å². The van der Waals surface area contributed by atoms with Crippen molar-refractivity contribution in [2.45, 2.75) is 12.1 Å². The summed E-state index contributed by atoms with van der Waals surface area (Å²) in [6.45, 7) is 0. The Labute approximate surface area is 177 Å². The first-order valence-electron chi connectivity index (χ1n) is 9.75. The fourth-order valence-corrected chi connectivity index (χ4v) is 4.25. The molecule has 0 aliphatic carbocycles. The Kier molecular flexibility index (Phi) is 4.48. The Bertz CT molecular complexity index is 1170. The molecular weight excluding hydrogens is 398 g/mol. The van der Waals surface area contributed by atoms with Gasteiger partial charge in [-0.1, -0.05) is 60.7 Å². The van der Waals surface area contributed by atoms with Gasteiger partial charge in [0.05, 0.1) is 16.7 Å². The Hall–Kier alpha value is -4.04. The molecule has 0 aromatic heterocycles. The normalized spacial score (nSPS) is 22.6. The third-order valence-corrected chi connectivity index (χ3v) is 5.59. The summed E-state index contributed by atoms with van der Waals surface area (Å²) in [7, 11) is 0. The smallest absolute Gasteiger partial charge is 0.273 e. The summed E-state index contributed by atoms with van der Waals surface area (Å²) in [5.41, 5.74) is 1.17. The molecule has 0 spiro atoms. The molecule has 2 aliphatic heterocycles. The van der Waals surface area contributed by atoms with Gasteiger partial charge < -0.3 is 0 Å². The third kappa shape index (κ3) is 2.96. The molecule has 8 nitrogen and oxygen atoms in total. The highest BCUT2D eigenvalue weighted by atomic mass is 16.7. The van der Waals surface area contributed by atoms with Crippen LogP contribution in [-0.4, -0.2) is 22.8 Å². The molecule has 0 N–H and O–H groups in total. The van der Waals surface area contributed by atoms with E-state index in [4.69, 9.17) is 4.84 Å². The number of rotatable bonds is 4. The molecule has 5 rings (SSSR count). The van der Waals surface area contributed by atoms with Gasteiger partial charge in [0, 0.05) is 6.07 Å². The van der Waals surface area contributed by atoms with Crippen LogP contribution in [0.4, 0.5) is 17.1 Å². The van der Waals surface area contributed by atoms with Crippen molar-refractivity contribution in [2.75, 3.05) is 9.96 Å². The summed E-state index contributed by atoms with van der Waals surface area (Å²) in [4.78, 5) is 44.6. The number of hydrogen-bond donors (Lipinski definition) is 0. The predicted octanol–water partition coefficient (Wildman–Crippen LogP) is 3.65. The first-order valence-corrected chi connectivity index (χ1v) is 9.75. The first kappa shape index (κ1) is 19.0. The van der Waals surface area contributed by atoms with Crippen molar-refractivity contribution in [2.24, 2.45) is 5.92 Å². The van der Waals surface area contributed by atoms with Gasteiger partial charge in [-0.25, -0.2) is 9.96 Å². The van der Waals surface area contributed by atoms with Crippen LogP contribution in [0.25, 0.3) is 0 Å². The average Bonchev–Trinajstić information content (AvgIpc) is 3.31. The summed E-state index contributed by atoms with van der Waals surface area (Å²) < 4.78 is 0. The van der Waals surface area contributed by atoms with E-state index in [9.17, 15) is 19.7 Å².